The molecule has 3 aromatic carbocycles. The minimum absolute atomic E-state index is 0.0904. The Bertz CT molecular complexity index is 1400. The number of hydrogen-bond acceptors (Lipinski definition) is 1. The van der Waals surface area contributed by atoms with Gasteiger partial charge in [-0.3, -0.25) is 0 Å². The van der Waals surface area contributed by atoms with Gasteiger partial charge in [0.25, 0.3) is 0 Å². The standard InChI is InChI=1S/C25H16ClF3N2/c26-19-11-9-17(10-12-19)23-22(15-18-6-2-4-8-21(18)25(27,28)29)31-14-13-16-5-1-3-7-20(16)24(31)30-23/h1-14H,15H2. The Morgan fingerprint density at radius 1 is 0.839 bits per heavy atom. The Kier molecular flexibility index (Phi) is 4.71. The molecule has 0 atom stereocenters. The van der Waals surface area contributed by atoms with Gasteiger partial charge in [-0.25, -0.2) is 4.98 Å². The van der Waals surface area contributed by atoms with Crippen molar-refractivity contribution in [2.75, 3.05) is 0 Å². The average molecular weight is 437 g/mol. The summed E-state index contributed by atoms with van der Waals surface area (Å²) in [5.74, 6) is 0. The van der Waals surface area contributed by atoms with Crippen LogP contribution in [-0.4, -0.2) is 9.38 Å². The predicted octanol–water partition coefficient (Wildman–Crippen LogP) is 7.42. The maximum atomic E-state index is 13.6. The van der Waals surface area contributed by atoms with E-state index in [9.17, 15) is 13.2 Å². The van der Waals surface area contributed by atoms with E-state index in [-0.39, 0.29) is 12.0 Å². The van der Waals surface area contributed by atoms with Crippen molar-refractivity contribution in [2.45, 2.75) is 12.6 Å². The third kappa shape index (κ3) is 3.55. The summed E-state index contributed by atoms with van der Waals surface area (Å²) in [6.07, 6.45) is -2.47. The Morgan fingerprint density at radius 3 is 2.32 bits per heavy atom. The minimum Gasteiger partial charge on any atom is -0.303 e. The molecule has 0 aliphatic carbocycles. The number of halogens is 4. The molecule has 0 aliphatic rings. The third-order valence-corrected chi connectivity index (χ3v) is 5.67. The molecule has 0 fully saturated rings. The molecule has 0 unspecified atom stereocenters. The van der Waals surface area contributed by atoms with Crippen molar-refractivity contribution in [3.8, 4) is 11.3 Å². The summed E-state index contributed by atoms with van der Waals surface area (Å²) in [5, 5.41) is 2.54. The summed E-state index contributed by atoms with van der Waals surface area (Å²) >= 11 is 6.05. The maximum absolute atomic E-state index is 13.6. The molecule has 0 saturated heterocycles. The molecule has 0 aliphatic heterocycles. The SMILES string of the molecule is FC(F)(F)c1ccccc1Cc1c(-c2ccc(Cl)cc2)nc2c3ccccc3ccn12. The Labute approximate surface area is 181 Å². The Morgan fingerprint density at radius 2 is 1.55 bits per heavy atom. The zero-order valence-electron chi connectivity index (χ0n) is 16.2. The summed E-state index contributed by atoms with van der Waals surface area (Å²) in [6.45, 7) is 0. The molecule has 2 nitrogen and oxygen atoms in total. The highest BCUT2D eigenvalue weighted by atomic mass is 35.5. The highest BCUT2D eigenvalue weighted by molar-refractivity contribution is 6.30. The minimum atomic E-state index is -4.43. The number of alkyl halides is 3. The maximum Gasteiger partial charge on any atom is 0.416 e. The molecule has 0 N–H and O–H groups in total. The first-order valence-electron chi connectivity index (χ1n) is 9.71. The molecule has 0 spiro atoms. The van der Waals surface area contributed by atoms with E-state index in [0.717, 1.165) is 22.4 Å². The van der Waals surface area contributed by atoms with E-state index in [2.05, 4.69) is 0 Å². The monoisotopic (exact) mass is 436 g/mol. The molecule has 154 valence electrons. The van der Waals surface area contributed by atoms with Gasteiger partial charge < -0.3 is 4.40 Å². The number of fused-ring (bicyclic) bond motifs is 3. The van der Waals surface area contributed by atoms with Crippen molar-refractivity contribution in [2.24, 2.45) is 0 Å². The van der Waals surface area contributed by atoms with Gasteiger partial charge in [-0.1, -0.05) is 66.2 Å². The predicted molar refractivity (Wildman–Crippen MR) is 117 cm³/mol. The Balaban J connectivity index is 1.77. The molecular formula is C25H16ClF3N2. The third-order valence-electron chi connectivity index (χ3n) is 5.41. The van der Waals surface area contributed by atoms with Crippen LogP contribution in [-0.2, 0) is 12.6 Å². The van der Waals surface area contributed by atoms with E-state index in [1.165, 1.54) is 12.1 Å². The van der Waals surface area contributed by atoms with Crippen LogP contribution < -0.4 is 0 Å². The molecule has 5 rings (SSSR count). The van der Waals surface area contributed by atoms with E-state index >= 15 is 0 Å². The first kappa shape index (κ1) is 19.6. The van der Waals surface area contributed by atoms with Crippen LogP contribution in [0.3, 0.4) is 0 Å². The first-order chi connectivity index (χ1) is 14.9. The van der Waals surface area contributed by atoms with Gasteiger partial charge >= 0.3 is 6.18 Å². The molecule has 2 heterocycles. The lowest BCUT2D eigenvalue weighted by Gasteiger charge is -2.13. The van der Waals surface area contributed by atoms with Gasteiger partial charge in [0, 0.05) is 28.6 Å². The van der Waals surface area contributed by atoms with E-state index in [0.29, 0.717) is 22.1 Å². The van der Waals surface area contributed by atoms with Crippen LogP contribution >= 0.6 is 11.6 Å². The molecule has 0 radical (unpaired) electrons. The molecule has 5 aromatic rings. The highest BCUT2D eigenvalue weighted by Gasteiger charge is 2.33. The Hall–Kier alpha value is -3.31. The number of benzene rings is 3. The second kappa shape index (κ2) is 7.43. The van der Waals surface area contributed by atoms with Crippen molar-refractivity contribution < 1.29 is 13.2 Å². The van der Waals surface area contributed by atoms with Gasteiger partial charge in [0.15, 0.2) is 0 Å². The summed E-state index contributed by atoms with van der Waals surface area (Å²) in [6, 6.07) is 22.7. The van der Waals surface area contributed by atoms with E-state index in [1.54, 1.807) is 18.2 Å². The molecular weight excluding hydrogens is 421 g/mol. The highest BCUT2D eigenvalue weighted by Crippen LogP contribution is 2.35. The van der Waals surface area contributed by atoms with Crippen LogP contribution in [0, 0.1) is 0 Å². The molecule has 0 bridgehead atoms. The summed E-state index contributed by atoms with van der Waals surface area (Å²) in [7, 11) is 0. The topological polar surface area (TPSA) is 17.3 Å². The average Bonchev–Trinajstić information content (AvgIpc) is 3.13. The fourth-order valence-corrected chi connectivity index (χ4v) is 4.08. The number of rotatable bonds is 3. The van der Waals surface area contributed by atoms with Crippen molar-refractivity contribution >= 4 is 28.0 Å². The second-order valence-electron chi connectivity index (χ2n) is 7.34. The van der Waals surface area contributed by atoms with Crippen LogP contribution in [0.15, 0.2) is 85.1 Å². The van der Waals surface area contributed by atoms with E-state index in [4.69, 9.17) is 16.6 Å². The van der Waals surface area contributed by atoms with Crippen LogP contribution in [0.2, 0.25) is 5.02 Å². The molecule has 0 saturated carbocycles. The fourth-order valence-electron chi connectivity index (χ4n) is 3.96. The van der Waals surface area contributed by atoms with Crippen LogP contribution in [0.25, 0.3) is 27.7 Å². The van der Waals surface area contributed by atoms with Gasteiger partial charge in [0.05, 0.1) is 17.0 Å². The normalized spacial score (nSPS) is 12.0. The number of imidazole rings is 1. The van der Waals surface area contributed by atoms with Crippen molar-refractivity contribution in [1.82, 2.24) is 9.38 Å². The quantitative estimate of drug-likeness (QED) is 0.287. The van der Waals surface area contributed by atoms with Crippen molar-refractivity contribution in [1.29, 1.82) is 0 Å². The lowest BCUT2D eigenvalue weighted by atomic mass is 9.99. The fraction of sp³-hybridized carbons (Fsp3) is 0.0800. The number of hydrogen-bond donors (Lipinski definition) is 0. The van der Waals surface area contributed by atoms with Crippen LogP contribution in [0.5, 0.6) is 0 Å². The van der Waals surface area contributed by atoms with Gasteiger partial charge in [-0.05, 0) is 35.2 Å². The van der Waals surface area contributed by atoms with Crippen LogP contribution in [0.1, 0.15) is 16.8 Å². The smallest absolute Gasteiger partial charge is 0.303 e. The number of nitrogens with zero attached hydrogens (tertiary/aromatic N) is 2. The number of aromatic nitrogens is 2. The molecule has 6 heteroatoms. The van der Waals surface area contributed by atoms with Gasteiger partial charge in [-0.2, -0.15) is 13.2 Å². The van der Waals surface area contributed by atoms with E-state index < -0.39 is 11.7 Å². The molecule has 31 heavy (non-hydrogen) atoms. The molecule has 0 amide bonds. The van der Waals surface area contributed by atoms with Crippen molar-refractivity contribution in [3.05, 3.63) is 107 Å². The van der Waals surface area contributed by atoms with Crippen LogP contribution in [0.4, 0.5) is 13.2 Å². The summed E-state index contributed by atoms with van der Waals surface area (Å²) < 4.78 is 42.8. The van der Waals surface area contributed by atoms with Gasteiger partial charge in [-0.15, -0.1) is 0 Å². The summed E-state index contributed by atoms with van der Waals surface area (Å²) in [5.41, 5.74) is 2.43. The lowest BCUT2D eigenvalue weighted by Crippen LogP contribution is -2.10. The summed E-state index contributed by atoms with van der Waals surface area (Å²) in [4.78, 5) is 4.87. The lowest BCUT2D eigenvalue weighted by molar-refractivity contribution is -0.138. The van der Waals surface area contributed by atoms with Gasteiger partial charge in [0.2, 0.25) is 0 Å². The van der Waals surface area contributed by atoms with Gasteiger partial charge in [0.1, 0.15) is 5.65 Å². The zero-order valence-corrected chi connectivity index (χ0v) is 17.0. The molecule has 2 aromatic heterocycles. The number of pyridine rings is 1. The van der Waals surface area contributed by atoms with E-state index in [1.807, 2.05) is 53.1 Å². The largest absolute Gasteiger partial charge is 0.416 e. The second-order valence-corrected chi connectivity index (χ2v) is 7.78. The zero-order chi connectivity index (χ0) is 21.6. The van der Waals surface area contributed by atoms with Crippen molar-refractivity contribution in [3.63, 3.8) is 0 Å². The first-order valence-corrected chi connectivity index (χ1v) is 10.1.